The maximum atomic E-state index is 9.10. The van der Waals surface area contributed by atoms with E-state index in [0.29, 0.717) is 6.61 Å². The van der Waals surface area contributed by atoms with Gasteiger partial charge in [-0.1, -0.05) is 25.1 Å². The van der Waals surface area contributed by atoms with Gasteiger partial charge in [0.1, 0.15) is 5.75 Å². The highest BCUT2D eigenvalue weighted by atomic mass is 16.5. The molecule has 0 saturated carbocycles. The van der Waals surface area contributed by atoms with Gasteiger partial charge in [0.05, 0.1) is 6.61 Å². The van der Waals surface area contributed by atoms with Crippen molar-refractivity contribution < 1.29 is 24.5 Å². The summed E-state index contributed by atoms with van der Waals surface area (Å²) in [6, 6.07) is 12.4. The first-order valence-electron chi connectivity index (χ1n) is 8.26. The van der Waals surface area contributed by atoms with Crippen LogP contribution in [-0.2, 0) is 22.7 Å². The minimum atomic E-state index is -1.82. The van der Waals surface area contributed by atoms with Gasteiger partial charge in [-0.15, -0.1) is 0 Å². The van der Waals surface area contributed by atoms with Gasteiger partial charge < -0.3 is 14.9 Å². The van der Waals surface area contributed by atoms with Gasteiger partial charge in [-0.3, -0.25) is 9.88 Å². The molecule has 140 valence electrons. The quantitative estimate of drug-likeness (QED) is 0.732. The van der Waals surface area contributed by atoms with E-state index < -0.39 is 11.9 Å². The smallest absolute Gasteiger partial charge is 0.414 e. The molecular formula is C19H24N2O5. The Kier molecular flexibility index (Phi) is 9.42. The second kappa shape index (κ2) is 11.6. The zero-order chi connectivity index (χ0) is 19.4. The molecule has 0 aliphatic heterocycles. The van der Waals surface area contributed by atoms with Crippen molar-refractivity contribution in [2.75, 3.05) is 13.2 Å². The Morgan fingerprint density at radius 1 is 1.00 bits per heavy atom. The Bertz CT molecular complexity index is 679. The van der Waals surface area contributed by atoms with Crippen molar-refractivity contribution in [3.63, 3.8) is 0 Å². The van der Waals surface area contributed by atoms with E-state index in [1.807, 2.05) is 31.5 Å². The molecule has 0 aliphatic carbocycles. The third-order valence-corrected chi connectivity index (χ3v) is 3.45. The molecule has 7 heteroatoms. The predicted octanol–water partition coefficient (Wildman–Crippen LogP) is 2.66. The van der Waals surface area contributed by atoms with Gasteiger partial charge in [0.15, 0.2) is 0 Å². The van der Waals surface area contributed by atoms with Crippen molar-refractivity contribution in [2.24, 2.45) is 0 Å². The largest absolute Gasteiger partial charge is 0.494 e. The van der Waals surface area contributed by atoms with Crippen LogP contribution in [0.15, 0.2) is 48.8 Å². The van der Waals surface area contributed by atoms with Crippen molar-refractivity contribution >= 4 is 11.9 Å². The Hall–Kier alpha value is -2.93. The number of ether oxygens (including phenoxy) is 1. The van der Waals surface area contributed by atoms with Crippen LogP contribution >= 0.6 is 0 Å². The Labute approximate surface area is 152 Å². The lowest BCUT2D eigenvalue weighted by molar-refractivity contribution is -0.159. The van der Waals surface area contributed by atoms with E-state index in [2.05, 4.69) is 41.1 Å². The normalized spacial score (nSPS) is 9.96. The summed E-state index contributed by atoms with van der Waals surface area (Å²) >= 11 is 0. The fraction of sp³-hybridized carbons (Fsp3) is 0.316. The molecule has 7 nitrogen and oxygen atoms in total. The van der Waals surface area contributed by atoms with Crippen LogP contribution in [0.25, 0.3) is 0 Å². The molecule has 0 saturated heterocycles. The van der Waals surface area contributed by atoms with E-state index in [-0.39, 0.29) is 0 Å². The Balaban J connectivity index is 0.000000487. The number of aliphatic carboxylic acids is 2. The Morgan fingerprint density at radius 2 is 1.62 bits per heavy atom. The summed E-state index contributed by atoms with van der Waals surface area (Å²) < 4.78 is 5.70. The number of para-hydroxylation sites is 1. The van der Waals surface area contributed by atoms with Gasteiger partial charge in [-0.2, -0.15) is 0 Å². The summed E-state index contributed by atoms with van der Waals surface area (Å²) in [7, 11) is 0. The van der Waals surface area contributed by atoms with Crippen LogP contribution in [0.3, 0.4) is 0 Å². The molecule has 0 bridgehead atoms. The first kappa shape index (κ1) is 21.1. The number of pyridine rings is 1. The highest BCUT2D eigenvalue weighted by Gasteiger charge is 2.09. The molecular weight excluding hydrogens is 336 g/mol. The highest BCUT2D eigenvalue weighted by molar-refractivity contribution is 6.27. The van der Waals surface area contributed by atoms with E-state index >= 15 is 0 Å². The van der Waals surface area contributed by atoms with Crippen LogP contribution in [0.5, 0.6) is 5.75 Å². The maximum Gasteiger partial charge on any atom is 0.414 e. The number of aromatic nitrogens is 1. The van der Waals surface area contributed by atoms with E-state index in [1.54, 1.807) is 0 Å². The number of carboxylic acids is 2. The molecule has 0 fully saturated rings. The first-order chi connectivity index (χ1) is 12.5. The predicted molar refractivity (Wildman–Crippen MR) is 96.9 cm³/mol. The van der Waals surface area contributed by atoms with E-state index in [0.717, 1.165) is 25.4 Å². The van der Waals surface area contributed by atoms with Crippen molar-refractivity contribution in [1.29, 1.82) is 0 Å². The van der Waals surface area contributed by atoms with Crippen molar-refractivity contribution in [3.8, 4) is 5.75 Å². The zero-order valence-electron chi connectivity index (χ0n) is 15.0. The third-order valence-electron chi connectivity index (χ3n) is 3.45. The van der Waals surface area contributed by atoms with E-state index in [1.165, 1.54) is 11.1 Å². The van der Waals surface area contributed by atoms with Crippen LogP contribution in [0.1, 0.15) is 25.0 Å². The number of hydrogen-bond donors (Lipinski definition) is 2. The second-order valence-corrected chi connectivity index (χ2v) is 5.31. The number of benzene rings is 1. The van der Waals surface area contributed by atoms with Gasteiger partial charge >= 0.3 is 11.9 Å². The van der Waals surface area contributed by atoms with Gasteiger partial charge in [0, 0.05) is 31.0 Å². The minimum Gasteiger partial charge on any atom is -0.494 e. The summed E-state index contributed by atoms with van der Waals surface area (Å²) in [5.41, 5.74) is 2.53. The SMILES string of the molecule is CCOc1ccccc1CN(CC)Cc1ccncc1.O=C(O)C(=O)O. The topological polar surface area (TPSA) is 100.0 Å². The molecule has 0 atom stereocenters. The van der Waals surface area contributed by atoms with Crippen molar-refractivity contribution in [3.05, 3.63) is 59.9 Å². The molecule has 1 aromatic heterocycles. The number of carbonyl (C=O) groups is 2. The molecule has 0 spiro atoms. The third kappa shape index (κ3) is 7.76. The van der Waals surface area contributed by atoms with Crippen LogP contribution in [0, 0.1) is 0 Å². The Morgan fingerprint density at radius 3 is 2.15 bits per heavy atom. The zero-order valence-corrected chi connectivity index (χ0v) is 15.0. The van der Waals surface area contributed by atoms with Gasteiger partial charge in [-0.05, 0) is 37.2 Å². The van der Waals surface area contributed by atoms with Gasteiger partial charge in [-0.25, -0.2) is 9.59 Å². The first-order valence-corrected chi connectivity index (χ1v) is 8.26. The molecule has 0 unspecified atom stereocenters. The lowest BCUT2D eigenvalue weighted by Gasteiger charge is -2.22. The summed E-state index contributed by atoms with van der Waals surface area (Å²) in [6.07, 6.45) is 3.69. The number of nitrogens with zero attached hydrogens (tertiary/aromatic N) is 2. The number of carboxylic acid groups (broad SMARTS) is 2. The van der Waals surface area contributed by atoms with E-state index in [9.17, 15) is 0 Å². The molecule has 2 aromatic rings. The highest BCUT2D eigenvalue weighted by Crippen LogP contribution is 2.20. The summed E-state index contributed by atoms with van der Waals surface area (Å²) in [4.78, 5) is 24.7. The number of hydrogen-bond acceptors (Lipinski definition) is 5. The van der Waals surface area contributed by atoms with Crippen LogP contribution in [0.4, 0.5) is 0 Å². The average Bonchev–Trinajstić information content (AvgIpc) is 2.64. The van der Waals surface area contributed by atoms with Crippen LogP contribution in [0.2, 0.25) is 0 Å². The van der Waals surface area contributed by atoms with Crippen LogP contribution in [-0.4, -0.2) is 45.2 Å². The molecule has 1 aromatic carbocycles. The summed E-state index contributed by atoms with van der Waals surface area (Å²) in [5, 5.41) is 14.8. The van der Waals surface area contributed by atoms with Gasteiger partial charge in [0.25, 0.3) is 0 Å². The van der Waals surface area contributed by atoms with Crippen LogP contribution < -0.4 is 4.74 Å². The summed E-state index contributed by atoms with van der Waals surface area (Å²) in [6.45, 7) is 7.74. The maximum absolute atomic E-state index is 9.10. The molecule has 2 rings (SSSR count). The minimum absolute atomic E-state index is 0.702. The van der Waals surface area contributed by atoms with E-state index in [4.69, 9.17) is 24.5 Å². The number of rotatable bonds is 7. The average molecular weight is 360 g/mol. The molecule has 0 aliphatic rings. The molecule has 1 heterocycles. The molecule has 26 heavy (non-hydrogen) atoms. The standard InChI is InChI=1S/C17H22N2O.C2H2O4/c1-3-19(13-15-9-11-18-12-10-15)14-16-7-5-6-8-17(16)20-4-2;3-1(4)2(5)6/h5-12H,3-4,13-14H2,1-2H3;(H,3,4)(H,5,6). The van der Waals surface area contributed by atoms with Crippen molar-refractivity contribution in [1.82, 2.24) is 9.88 Å². The lowest BCUT2D eigenvalue weighted by Crippen LogP contribution is -2.22. The van der Waals surface area contributed by atoms with Crippen molar-refractivity contribution in [2.45, 2.75) is 26.9 Å². The lowest BCUT2D eigenvalue weighted by atomic mass is 10.1. The molecule has 0 amide bonds. The monoisotopic (exact) mass is 360 g/mol. The fourth-order valence-corrected chi connectivity index (χ4v) is 2.20. The molecule has 2 N–H and O–H groups in total. The second-order valence-electron chi connectivity index (χ2n) is 5.31. The van der Waals surface area contributed by atoms with Gasteiger partial charge in [0.2, 0.25) is 0 Å². The molecule has 0 radical (unpaired) electrons. The fourth-order valence-electron chi connectivity index (χ4n) is 2.20. The summed E-state index contributed by atoms with van der Waals surface area (Å²) in [5.74, 6) is -2.66.